The van der Waals surface area contributed by atoms with Crippen LogP contribution in [0.2, 0.25) is 0 Å². The van der Waals surface area contributed by atoms with Crippen LogP contribution < -0.4 is 29.6 Å². The van der Waals surface area contributed by atoms with Gasteiger partial charge in [-0.15, -0.1) is 0 Å². The third-order valence-electron chi connectivity index (χ3n) is 5.23. The second kappa shape index (κ2) is 16.5. The zero-order valence-electron chi connectivity index (χ0n) is 17.9. The van der Waals surface area contributed by atoms with Crippen LogP contribution in [0.15, 0.2) is 53.6 Å². The molecule has 0 saturated carbocycles. The molecule has 10 heteroatoms. The van der Waals surface area contributed by atoms with E-state index in [0.717, 1.165) is 24.8 Å². The summed E-state index contributed by atoms with van der Waals surface area (Å²) in [5.41, 5.74) is 26.6. The SMILES string of the molecule is C.O=C1Cc2ccccc2CCC1Br.[N-]=[N+]=NC1CCc2ccccc2CC1=O.[N-]=[N+]=[N-].[Na+]. The molecule has 0 radical (unpaired) electrons. The Morgan fingerprint density at radius 3 is 1.70 bits per heavy atom. The van der Waals surface area contributed by atoms with Gasteiger partial charge in [0.15, 0.2) is 5.78 Å². The minimum absolute atomic E-state index is 0. The molecule has 0 heterocycles. The summed E-state index contributed by atoms with van der Waals surface area (Å²) in [6.07, 6.45) is 4.35. The van der Waals surface area contributed by atoms with Crippen molar-refractivity contribution in [2.75, 3.05) is 0 Å². The molecule has 168 valence electrons. The van der Waals surface area contributed by atoms with E-state index in [0.29, 0.717) is 25.0 Å². The van der Waals surface area contributed by atoms with E-state index in [4.69, 9.17) is 16.6 Å². The number of hydrogen-bond donors (Lipinski definition) is 0. The van der Waals surface area contributed by atoms with Crippen molar-refractivity contribution in [3.8, 4) is 0 Å². The van der Waals surface area contributed by atoms with Crippen molar-refractivity contribution in [3.05, 3.63) is 97.2 Å². The number of hydrogen-bond acceptors (Lipinski definition) is 3. The van der Waals surface area contributed by atoms with Crippen LogP contribution >= 0.6 is 15.9 Å². The van der Waals surface area contributed by atoms with Crippen molar-refractivity contribution in [1.82, 2.24) is 0 Å². The normalized spacial score (nSPS) is 18.1. The monoisotopic (exact) mass is 520 g/mol. The van der Waals surface area contributed by atoms with E-state index in [1.54, 1.807) is 0 Å². The van der Waals surface area contributed by atoms with E-state index >= 15 is 0 Å². The Bertz CT molecular complexity index is 1020. The predicted octanol–water partition coefficient (Wildman–Crippen LogP) is 3.44. The number of carbonyl (C=O) groups excluding carboxylic acids is 2. The molecule has 2 aromatic rings. The van der Waals surface area contributed by atoms with Crippen LogP contribution in [0.3, 0.4) is 0 Å². The van der Waals surface area contributed by atoms with Crippen molar-refractivity contribution in [2.45, 2.75) is 56.8 Å². The fraction of sp³-hybridized carbons (Fsp3) is 0.391. The molecule has 4 rings (SSSR count). The number of carbonyl (C=O) groups is 2. The number of benzene rings is 2. The average Bonchev–Trinajstić information content (AvgIpc) is 3.01. The average molecular weight is 521 g/mol. The summed E-state index contributed by atoms with van der Waals surface area (Å²) in [4.78, 5) is 27.5. The van der Waals surface area contributed by atoms with Crippen molar-refractivity contribution >= 4 is 27.5 Å². The van der Waals surface area contributed by atoms with Crippen LogP contribution in [0.25, 0.3) is 26.4 Å². The standard InChI is InChI=1S/C11H11BrO.C11H11N3O.CH4.N3.Na/c12-10-6-5-8-3-1-2-4-9(8)7-11(10)13;12-14-13-10-6-5-8-3-1-2-4-9(8)7-11(10)15;;1-3-2;/h1-4,10H,5-7H2;1-4,10H,5-7H2;1H4;;/q;;;-1;+1. The van der Waals surface area contributed by atoms with Crippen molar-refractivity contribution in [3.63, 3.8) is 0 Å². The summed E-state index contributed by atoms with van der Waals surface area (Å²) in [6.45, 7) is 0. The maximum Gasteiger partial charge on any atom is 1.00 e. The number of halogens is 1. The van der Waals surface area contributed by atoms with Gasteiger partial charge >= 0.3 is 29.6 Å². The van der Waals surface area contributed by atoms with Gasteiger partial charge in [-0.3, -0.25) is 14.5 Å². The van der Waals surface area contributed by atoms with Crippen molar-refractivity contribution in [1.29, 1.82) is 0 Å². The molecular weight excluding hydrogens is 495 g/mol. The molecule has 0 amide bonds. The zero-order chi connectivity index (χ0) is 22.6. The number of nitrogens with zero attached hydrogens (tertiary/aromatic N) is 6. The van der Waals surface area contributed by atoms with Gasteiger partial charge in [0.1, 0.15) is 5.78 Å². The van der Waals surface area contributed by atoms with E-state index in [1.807, 2.05) is 36.4 Å². The number of rotatable bonds is 1. The number of fused-ring (bicyclic) bond motifs is 2. The Hall–Kier alpha value is -2.12. The Kier molecular flexibility index (Phi) is 15.4. The van der Waals surface area contributed by atoms with Crippen LogP contribution in [0.5, 0.6) is 0 Å². The van der Waals surface area contributed by atoms with Gasteiger partial charge in [-0.05, 0) is 53.5 Å². The van der Waals surface area contributed by atoms with Gasteiger partial charge in [0.25, 0.3) is 0 Å². The van der Waals surface area contributed by atoms with Gasteiger partial charge < -0.3 is 11.1 Å². The molecule has 2 aliphatic rings. The van der Waals surface area contributed by atoms with Gasteiger partial charge in [-0.2, -0.15) is 0 Å². The Morgan fingerprint density at radius 1 is 0.788 bits per heavy atom. The van der Waals surface area contributed by atoms with Crippen molar-refractivity contribution in [2.24, 2.45) is 5.11 Å². The van der Waals surface area contributed by atoms with E-state index in [-0.39, 0.29) is 47.6 Å². The topological polar surface area (TPSA) is 142 Å². The first-order valence-electron chi connectivity index (χ1n) is 9.85. The minimum atomic E-state index is -0.484. The molecule has 8 nitrogen and oxygen atoms in total. The number of Topliss-reactive ketones (excluding diaryl/α,β-unsaturated/α-hetero) is 2. The van der Waals surface area contributed by atoms with Crippen molar-refractivity contribution < 1.29 is 39.1 Å². The van der Waals surface area contributed by atoms with Gasteiger partial charge in [0.2, 0.25) is 0 Å². The first-order chi connectivity index (χ1) is 15.0. The minimum Gasteiger partial charge on any atom is -0.373 e. The van der Waals surface area contributed by atoms with Gasteiger partial charge in [0, 0.05) is 17.8 Å². The molecule has 0 spiro atoms. The Morgan fingerprint density at radius 2 is 1.21 bits per heavy atom. The molecular formula is C23H26BrN6NaO2. The van der Waals surface area contributed by atoms with Crippen LogP contribution in [-0.2, 0) is 35.3 Å². The van der Waals surface area contributed by atoms with Crippen LogP contribution in [-0.4, -0.2) is 22.4 Å². The summed E-state index contributed by atoms with van der Waals surface area (Å²) in [5, 5.41) is 3.54. The summed E-state index contributed by atoms with van der Waals surface area (Å²) in [5.74, 6) is 0.336. The summed E-state index contributed by atoms with van der Waals surface area (Å²) < 4.78 is 0. The van der Waals surface area contributed by atoms with E-state index in [9.17, 15) is 9.59 Å². The molecule has 0 saturated heterocycles. The second-order valence-electron chi connectivity index (χ2n) is 7.18. The molecule has 0 N–H and O–H groups in total. The van der Waals surface area contributed by atoms with E-state index < -0.39 is 6.04 Å². The molecule has 0 bridgehead atoms. The molecule has 33 heavy (non-hydrogen) atoms. The second-order valence-corrected chi connectivity index (χ2v) is 8.28. The molecule has 0 fully saturated rings. The number of azide groups is 1. The van der Waals surface area contributed by atoms with Crippen LogP contribution in [0, 0.1) is 0 Å². The van der Waals surface area contributed by atoms with E-state index in [2.05, 4.69) is 38.1 Å². The number of alkyl halides is 1. The van der Waals surface area contributed by atoms with Crippen LogP contribution in [0.1, 0.15) is 42.5 Å². The smallest absolute Gasteiger partial charge is 0.373 e. The number of ketones is 2. The first-order valence-corrected chi connectivity index (χ1v) is 10.8. The maximum absolute atomic E-state index is 11.7. The molecule has 2 aromatic carbocycles. The largest absolute Gasteiger partial charge is 1.00 e. The molecule has 2 atom stereocenters. The summed E-state index contributed by atoms with van der Waals surface area (Å²) >= 11 is 3.41. The third-order valence-corrected chi connectivity index (χ3v) is 6.20. The fourth-order valence-electron chi connectivity index (χ4n) is 3.63. The quantitative estimate of drug-likeness (QED) is 0.142. The van der Waals surface area contributed by atoms with Crippen LogP contribution in [0.4, 0.5) is 0 Å². The molecule has 0 aliphatic heterocycles. The third kappa shape index (κ3) is 9.72. The maximum atomic E-state index is 11.7. The summed E-state index contributed by atoms with van der Waals surface area (Å²) in [6, 6.07) is 15.6. The zero-order valence-corrected chi connectivity index (χ0v) is 21.5. The molecule has 2 unspecified atom stereocenters. The van der Waals surface area contributed by atoms with Gasteiger partial charge in [-0.25, -0.2) is 0 Å². The van der Waals surface area contributed by atoms with E-state index in [1.165, 1.54) is 21.6 Å². The summed E-state index contributed by atoms with van der Waals surface area (Å²) in [7, 11) is 0. The Labute approximate surface area is 224 Å². The van der Waals surface area contributed by atoms with Gasteiger partial charge in [0.05, 0.1) is 10.9 Å². The predicted molar refractivity (Wildman–Crippen MR) is 129 cm³/mol. The Balaban J connectivity index is 0.000000530. The number of aryl methyl sites for hydroxylation is 2. The molecule has 0 aromatic heterocycles. The molecule has 2 aliphatic carbocycles. The van der Waals surface area contributed by atoms with Gasteiger partial charge in [-0.1, -0.05) is 77.0 Å². The first kappa shape index (κ1) is 30.9. The fourth-order valence-corrected chi connectivity index (χ4v) is 4.02.